The molecule has 0 bridgehead atoms. The number of aromatic carboxylic acids is 1. The lowest BCUT2D eigenvalue weighted by molar-refractivity contribution is 0.0696. The maximum absolute atomic E-state index is 11.3. The van der Waals surface area contributed by atoms with Crippen LogP contribution in [0.15, 0.2) is 65.6 Å². The van der Waals surface area contributed by atoms with E-state index in [4.69, 9.17) is 0 Å². The predicted molar refractivity (Wildman–Crippen MR) is 131 cm³/mol. The zero-order chi connectivity index (χ0) is 23.5. The van der Waals surface area contributed by atoms with Gasteiger partial charge in [-0.05, 0) is 49.7 Å². The van der Waals surface area contributed by atoms with Crippen molar-refractivity contribution in [3.05, 3.63) is 77.4 Å². The van der Waals surface area contributed by atoms with E-state index < -0.39 is 5.97 Å². The Labute approximate surface area is 192 Å². The van der Waals surface area contributed by atoms with Crippen molar-refractivity contribution in [2.75, 3.05) is 20.1 Å². The Morgan fingerprint density at radius 3 is 2.56 bits per heavy atom. The van der Waals surface area contributed by atoms with Crippen molar-refractivity contribution in [2.24, 2.45) is 10.9 Å². The molecule has 1 aromatic heterocycles. The molecule has 1 N–H and O–H groups in total. The lowest BCUT2D eigenvalue weighted by Gasteiger charge is -2.35. The van der Waals surface area contributed by atoms with E-state index >= 15 is 0 Å². The Hall–Kier alpha value is -2.99. The fraction of sp³-hybridized carbons (Fsp3) is 0.423. The van der Waals surface area contributed by atoms with Gasteiger partial charge in [0, 0.05) is 37.7 Å². The number of hydrogen-bond acceptors (Lipinski definition) is 5. The second kappa shape index (κ2) is 12.8. The van der Waals surface area contributed by atoms with Gasteiger partial charge >= 0.3 is 5.97 Å². The number of nitrogens with zero attached hydrogens (tertiary/aromatic N) is 4. The smallest absolute Gasteiger partial charge is 0.335 e. The molecule has 0 aliphatic carbocycles. The molecule has 1 aromatic carbocycles. The SMILES string of the molecule is C=N/C=C(/CN(CCC)C(CC(C)C)c1ccccc1)N(C)Cc1cc(C(=O)O)ccn1. The molecule has 32 heavy (non-hydrogen) atoms. The third kappa shape index (κ3) is 7.61. The lowest BCUT2D eigenvalue weighted by atomic mass is 9.95. The number of hydrogen-bond donors (Lipinski definition) is 1. The summed E-state index contributed by atoms with van der Waals surface area (Å²) in [5.41, 5.74) is 3.27. The third-order valence-corrected chi connectivity index (χ3v) is 5.39. The zero-order valence-corrected chi connectivity index (χ0v) is 19.7. The first-order valence-electron chi connectivity index (χ1n) is 11.2. The van der Waals surface area contributed by atoms with Gasteiger partial charge < -0.3 is 10.0 Å². The van der Waals surface area contributed by atoms with Crippen molar-refractivity contribution in [2.45, 2.75) is 46.2 Å². The van der Waals surface area contributed by atoms with Crippen molar-refractivity contribution in [3.8, 4) is 0 Å². The van der Waals surface area contributed by atoms with Crippen LogP contribution in [0.25, 0.3) is 0 Å². The van der Waals surface area contributed by atoms with Gasteiger partial charge in [-0.25, -0.2) is 4.79 Å². The summed E-state index contributed by atoms with van der Waals surface area (Å²) in [5.74, 6) is -0.390. The topological polar surface area (TPSA) is 69.0 Å². The minimum Gasteiger partial charge on any atom is -0.478 e. The van der Waals surface area contributed by atoms with E-state index in [2.05, 4.69) is 77.6 Å². The second-order valence-electron chi connectivity index (χ2n) is 8.53. The maximum Gasteiger partial charge on any atom is 0.335 e. The molecule has 0 spiro atoms. The normalized spacial score (nSPS) is 12.8. The Morgan fingerprint density at radius 1 is 1.25 bits per heavy atom. The fourth-order valence-electron chi connectivity index (χ4n) is 3.87. The highest BCUT2D eigenvalue weighted by Gasteiger charge is 2.23. The Bertz CT molecular complexity index is 896. The molecule has 172 valence electrons. The molecular formula is C26H36N4O2. The van der Waals surface area contributed by atoms with Gasteiger partial charge in [0.1, 0.15) is 0 Å². The minimum atomic E-state index is -0.951. The Balaban J connectivity index is 2.28. The number of aliphatic imine (C=N–C) groups is 1. The van der Waals surface area contributed by atoms with E-state index in [9.17, 15) is 9.90 Å². The van der Waals surface area contributed by atoms with Crippen molar-refractivity contribution in [1.82, 2.24) is 14.8 Å². The van der Waals surface area contributed by atoms with Gasteiger partial charge in [0.05, 0.1) is 17.8 Å². The summed E-state index contributed by atoms with van der Waals surface area (Å²) in [6.45, 7) is 12.5. The third-order valence-electron chi connectivity index (χ3n) is 5.39. The van der Waals surface area contributed by atoms with Crippen molar-refractivity contribution < 1.29 is 9.90 Å². The highest BCUT2D eigenvalue weighted by molar-refractivity contribution is 5.87. The molecule has 2 aromatic rings. The van der Waals surface area contributed by atoms with Gasteiger partial charge in [0.15, 0.2) is 0 Å². The molecule has 1 unspecified atom stereocenters. The highest BCUT2D eigenvalue weighted by atomic mass is 16.4. The van der Waals surface area contributed by atoms with Crippen LogP contribution in [0.5, 0.6) is 0 Å². The van der Waals surface area contributed by atoms with E-state index in [1.807, 2.05) is 7.05 Å². The fourth-order valence-corrected chi connectivity index (χ4v) is 3.87. The summed E-state index contributed by atoms with van der Waals surface area (Å²) in [5, 5.41) is 9.27. The first-order chi connectivity index (χ1) is 15.3. The summed E-state index contributed by atoms with van der Waals surface area (Å²) in [7, 11) is 1.98. The van der Waals surface area contributed by atoms with E-state index in [1.165, 1.54) is 11.6 Å². The largest absolute Gasteiger partial charge is 0.478 e. The number of pyridine rings is 1. The summed E-state index contributed by atoms with van der Waals surface area (Å²) >= 11 is 0. The van der Waals surface area contributed by atoms with Crippen LogP contribution < -0.4 is 0 Å². The van der Waals surface area contributed by atoms with Gasteiger partial charge in [-0.1, -0.05) is 51.1 Å². The molecule has 0 saturated carbocycles. The molecule has 1 heterocycles. The van der Waals surface area contributed by atoms with E-state index in [1.54, 1.807) is 18.5 Å². The van der Waals surface area contributed by atoms with Gasteiger partial charge in [-0.15, -0.1) is 0 Å². The molecule has 0 amide bonds. The van der Waals surface area contributed by atoms with Gasteiger partial charge in [0.2, 0.25) is 0 Å². The zero-order valence-electron chi connectivity index (χ0n) is 19.7. The van der Waals surface area contributed by atoms with E-state index in [0.717, 1.165) is 25.1 Å². The lowest BCUT2D eigenvalue weighted by Crippen LogP contribution is -2.36. The standard InChI is InChI=1S/C26H36N4O2/c1-6-14-30(25(15-20(2)3)21-10-8-7-9-11-21)19-24(17-27-4)29(5)18-23-16-22(26(31)32)12-13-28-23/h7-13,16-17,20,25H,4,6,14-15,18-19H2,1-3,5H3,(H,31,32)/b24-17-. The molecular weight excluding hydrogens is 400 g/mol. The van der Waals surface area contributed by atoms with Crippen LogP contribution in [0.3, 0.4) is 0 Å². The Kier molecular flexibility index (Phi) is 10.1. The minimum absolute atomic E-state index is 0.240. The molecule has 0 aliphatic rings. The predicted octanol–water partition coefficient (Wildman–Crippen LogP) is 5.25. The Morgan fingerprint density at radius 2 is 1.97 bits per heavy atom. The van der Waals surface area contributed by atoms with Crippen LogP contribution in [0, 0.1) is 5.92 Å². The van der Waals surface area contributed by atoms with Crippen molar-refractivity contribution >= 4 is 12.7 Å². The molecule has 2 rings (SSSR count). The number of carbonyl (C=O) groups is 1. The van der Waals surface area contributed by atoms with E-state index in [0.29, 0.717) is 30.7 Å². The second-order valence-corrected chi connectivity index (χ2v) is 8.53. The van der Waals surface area contributed by atoms with Gasteiger partial charge in [-0.2, -0.15) is 0 Å². The molecule has 6 heteroatoms. The number of aromatic nitrogens is 1. The molecule has 1 atom stereocenters. The van der Waals surface area contributed by atoms with Crippen molar-refractivity contribution in [1.29, 1.82) is 0 Å². The summed E-state index contributed by atoms with van der Waals surface area (Å²) in [6, 6.07) is 14.1. The number of carboxylic acid groups (broad SMARTS) is 1. The summed E-state index contributed by atoms with van der Waals surface area (Å²) in [4.78, 5) is 24.3. The quantitative estimate of drug-likeness (QED) is 0.434. The van der Waals surface area contributed by atoms with Crippen molar-refractivity contribution in [3.63, 3.8) is 0 Å². The number of likely N-dealkylation sites (N-methyl/N-ethyl adjacent to an activating group) is 1. The van der Waals surface area contributed by atoms with Gasteiger partial charge in [0.25, 0.3) is 0 Å². The average molecular weight is 437 g/mol. The molecule has 0 radical (unpaired) electrons. The first kappa shape index (κ1) is 25.3. The number of benzene rings is 1. The van der Waals surface area contributed by atoms with Crippen LogP contribution in [-0.4, -0.2) is 52.7 Å². The number of rotatable bonds is 13. The summed E-state index contributed by atoms with van der Waals surface area (Å²) < 4.78 is 0. The van der Waals surface area contributed by atoms with Crippen LogP contribution in [0.2, 0.25) is 0 Å². The highest BCUT2D eigenvalue weighted by Crippen LogP contribution is 2.29. The first-order valence-corrected chi connectivity index (χ1v) is 11.2. The maximum atomic E-state index is 11.3. The van der Waals surface area contributed by atoms with E-state index in [-0.39, 0.29) is 5.56 Å². The molecule has 6 nitrogen and oxygen atoms in total. The van der Waals surface area contributed by atoms with Crippen LogP contribution in [-0.2, 0) is 6.54 Å². The van der Waals surface area contributed by atoms with Gasteiger partial charge in [-0.3, -0.25) is 14.9 Å². The number of carboxylic acids is 1. The monoisotopic (exact) mass is 436 g/mol. The average Bonchev–Trinajstić information content (AvgIpc) is 2.77. The van der Waals surface area contributed by atoms with Crippen LogP contribution in [0.1, 0.15) is 61.3 Å². The molecule has 0 fully saturated rings. The molecule has 0 saturated heterocycles. The van der Waals surface area contributed by atoms with Crippen LogP contribution >= 0.6 is 0 Å². The summed E-state index contributed by atoms with van der Waals surface area (Å²) in [6.07, 6.45) is 5.44. The molecule has 0 aliphatic heterocycles. The van der Waals surface area contributed by atoms with Crippen LogP contribution in [0.4, 0.5) is 0 Å².